The summed E-state index contributed by atoms with van der Waals surface area (Å²) in [6.07, 6.45) is 1.07. The summed E-state index contributed by atoms with van der Waals surface area (Å²) in [4.78, 5) is 25.5. The van der Waals surface area contributed by atoms with E-state index in [1.54, 1.807) is 48.2 Å². The van der Waals surface area contributed by atoms with E-state index in [9.17, 15) is 9.59 Å². The van der Waals surface area contributed by atoms with E-state index in [2.05, 4.69) is 21.1 Å². The summed E-state index contributed by atoms with van der Waals surface area (Å²) in [5.41, 5.74) is 1.45. The highest BCUT2D eigenvalue weighted by Gasteiger charge is 2.53. The molecule has 204 valence electrons. The molecule has 0 aliphatic carbocycles. The summed E-state index contributed by atoms with van der Waals surface area (Å²) in [7, 11) is 11.8. The van der Waals surface area contributed by atoms with Crippen LogP contribution in [0.25, 0.3) is 0 Å². The van der Waals surface area contributed by atoms with E-state index in [-0.39, 0.29) is 5.97 Å². The minimum Gasteiger partial charge on any atom is -0.497 e. The lowest BCUT2D eigenvalue weighted by Crippen LogP contribution is -2.36. The van der Waals surface area contributed by atoms with Crippen LogP contribution in [0.1, 0.15) is 39.9 Å². The van der Waals surface area contributed by atoms with Gasteiger partial charge in [-0.25, -0.2) is 4.79 Å². The predicted molar refractivity (Wildman–Crippen MR) is 154 cm³/mol. The molecule has 0 radical (unpaired) electrons. The lowest BCUT2D eigenvalue weighted by molar-refractivity contribution is -0.867. The second-order valence-corrected chi connectivity index (χ2v) is 13.2. The number of carbonyl (C=O) groups excluding carboxylic acids is 2. The lowest BCUT2D eigenvalue weighted by Gasteiger charge is -2.36. The first-order chi connectivity index (χ1) is 18.7. The minimum absolute atomic E-state index is 0.294. The maximum atomic E-state index is 13.0. The topological polar surface area (TPSA) is 71.1 Å². The molecule has 0 amide bonds. The van der Waals surface area contributed by atoms with Gasteiger partial charge in [0.1, 0.15) is 23.0 Å². The Kier molecular flexibility index (Phi) is 7.84. The molecule has 0 bridgehead atoms. The molecule has 0 N–H and O–H groups in total. The molecule has 0 saturated heterocycles. The molecule has 0 fully saturated rings. The first kappa shape index (κ1) is 27.4. The Labute approximate surface area is 236 Å². The van der Waals surface area contributed by atoms with Gasteiger partial charge in [-0.1, -0.05) is 39.8 Å². The number of quaternary nitrogens is 1. The molecule has 7 nitrogen and oxygen atoms in total. The number of benzene rings is 3. The molecular weight excluding hydrogens is 534 g/mol. The van der Waals surface area contributed by atoms with Gasteiger partial charge < -0.3 is 23.4 Å². The van der Waals surface area contributed by atoms with E-state index in [0.717, 1.165) is 34.5 Å². The van der Waals surface area contributed by atoms with Crippen LogP contribution in [-0.4, -0.2) is 62.7 Å². The molecule has 0 aromatic heterocycles. The third-order valence-electron chi connectivity index (χ3n) is 6.66. The average Bonchev–Trinajstić information content (AvgIpc) is 3.20. The Balaban J connectivity index is 1.33. The van der Waals surface area contributed by atoms with Crippen LogP contribution in [-0.2, 0) is 15.1 Å². The molecule has 9 heteroatoms. The number of hydrogen-bond acceptors (Lipinski definition) is 8. The summed E-state index contributed by atoms with van der Waals surface area (Å²) in [5.74, 6) is 3.22. The molecule has 5 rings (SSSR count). The van der Waals surface area contributed by atoms with Gasteiger partial charge in [-0.05, 0) is 36.8 Å². The van der Waals surface area contributed by atoms with Crippen LogP contribution < -0.4 is 14.2 Å². The lowest BCUT2D eigenvalue weighted by atomic mass is 9.77. The standard InChI is InChI=1S/C30H32NO6S2/c1-31(2,3)15-17-39-38-16-7-10-28(32)35-21-12-14-25-27(19-21)36-26-18-20(34-4)11-13-24(26)30(25)23-9-6-5-8-22(23)29(33)37-30/h5-6,8-9,11-14,18-19H,7,10,15-17H2,1-4H3/q+1. The van der Waals surface area contributed by atoms with E-state index in [1.807, 2.05) is 41.1 Å². The van der Waals surface area contributed by atoms with E-state index < -0.39 is 11.6 Å². The number of esters is 2. The molecule has 2 heterocycles. The molecule has 3 aromatic carbocycles. The van der Waals surface area contributed by atoms with Crippen LogP contribution in [0.3, 0.4) is 0 Å². The molecule has 2 aliphatic rings. The Morgan fingerprint density at radius 3 is 2.28 bits per heavy atom. The Morgan fingerprint density at radius 1 is 0.897 bits per heavy atom. The third kappa shape index (κ3) is 5.62. The van der Waals surface area contributed by atoms with E-state index in [4.69, 9.17) is 18.9 Å². The summed E-state index contributed by atoms with van der Waals surface area (Å²) in [6, 6.07) is 18.0. The zero-order chi connectivity index (χ0) is 27.6. The number of methoxy groups -OCH3 is 1. The average molecular weight is 567 g/mol. The van der Waals surface area contributed by atoms with Crippen molar-refractivity contribution >= 4 is 33.5 Å². The predicted octanol–water partition coefficient (Wildman–Crippen LogP) is 6.04. The van der Waals surface area contributed by atoms with E-state index in [0.29, 0.717) is 46.1 Å². The SMILES string of the molecule is COc1ccc2c(c1)Oc1cc(OC(=O)CCCSSCC[N+](C)(C)C)ccc1C21OC(=O)c2ccccc21. The van der Waals surface area contributed by atoms with Crippen molar-refractivity contribution in [1.29, 1.82) is 0 Å². The van der Waals surface area contributed by atoms with Gasteiger partial charge in [-0.3, -0.25) is 4.79 Å². The molecule has 1 spiro atoms. The van der Waals surface area contributed by atoms with Crippen molar-refractivity contribution in [3.8, 4) is 23.0 Å². The van der Waals surface area contributed by atoms with Crippen LogP contribution >= 0.6 is 21.6 Å². The molecule has 1 unspecified atom stereocenters. The van der Waals surface area contributed by atoms with Gasteiger partial charge in [0.05, 0.1) is 46.1 Å². The van der Waals surface area contributed by atoms with Crippen molar-refractivity contribution in [2.24, 2.45) is 0 Å². The molecule has 1 atom stereocenters. The van der Waals surface area contributed by atoms with Crippen molar-refractivity contribution in [3.05, 3.63) is 82.9 Å². The Bertz CT molecular complexity index is 1400. The smallest absolute Gasteiger partial charge is 0.340 e. The summed E-state index contributed by atoms with van der Waals surface area (Å²) in [5, 5.41) is 0. The molecule has 39 heavy (non-hydrogen) atoms. The zero-order valence-electron chi connectivity index (χ0n) is 22.5. The monoisotopic (exact) mass is 566 g/mol. The summed E-state index contributed by atoms with van der Waals surface area (Å²) in [6.45, 7) is 1.10. The van der Waals surface area contributed by atoms with Gasteiger partial charge in [0.2, 0.25) is 0 Å². The molecular formula is C30H32NO6S2+. The third-order valence-corrected chi connectivity index (χ3v) is 9.13. The van der Waals surface area contributed by atoms with Gasteiger partial charge in [-0.2, -0.15) is 0 Å². The largest absolute Gasteiger partial charge is 0.497 e. The van der Waals surface area contributed by atoms with Crippen molar-refractivity contribution in [2.75, 3.05) is 46.3 Å². The van der Waals surface area contributed by atoms with Gasteiger partial charge in [0, 0.05) is 41.0 Å². The zero-order valence-corrected chi connectivity index (χ0v) is 24.2. The fourth-order valence-electron chi connectivity index (χ4n) is 4.71. The Hall–Kier alpha value is -3.14. The summed E-state index contributed by atoms with van der Waals surface area (Å²) >= 11 is 0. The number of carbonyl (C=O) groups is 2. The highest BCUT2D eigenvalue weighted by atomic mass is 33.1. The van der Waals surface area contributed by atoms with Crippen molar-refractivity contribution < 1.29 is 33.0 Å². The molecule has 3 aromatic rings. The number of fused-ring (bicyclic) bond motifs is 6. The quantitative estimate of drug-likeness (QED) is 0.0968. The van der Waals surface area contributed by atoms with Crippen molar-refractivity contribution in [3.63, 3.8) is 0 Å². The first-order valence-electron chi connectivity index (χ1n) is 12.8. The van der Waals surface area contributed by atoms with Gasteiger partial charge in [-0.15, -0.1) is 0 Å². The van der Waals surface area contributed by atoms with E-state index >= 15 is 0 Å². The number of rotatable bonds is 10. The molecule has 0 saturated carbocycles. The van der Waals surface area contributed by atoms with Gasteiger partial charge >= 0.3 is 11.9 Å². The van der Waals surface area contributed by atoms with Crippen LogP contribution in [0.5, 0.6) is 23.0 Å². The highest BCUT2D eigenvalue weighted by Crippen LogP contribution is 2.57. The second-order valence-electron chi connectivity index (χ2n) is 10.5. The second kappa shape index (κ2) is 11.2. The Morgan fingerprint density at radius 2 is 1.56 bits per heavy atom. The normalized spacial score (nSPS) is 17.1. The summed E-state index contributed by atoms with van der Waals surface area (Å²) < 4.78 is 24.4. The first-order valence-corrected chi connectivity index (χ1v) is 15.3. The van der Waals surface area contributed by atoms with Gasteiger partial charge in [0.25, 0.3) is 0 Å². The maximum absolute atomic E-state index is 13.0. The molecule has 2 aliphatic heterocycles. The van der Waals surface area contributed by atoms with Crippen LogP contribution in [0.4, 0.5) is 0 Å². The highest BCUT2D eigenvalue weighted by molar-refractivity contribution is 8.76. The maximum Gasteiger partial charge on any atom is 0.340 e. The van der Waals surface area contributed by atoms with Crippen molar-refractivity contribution in [2.45, 2.75) is 18.4 Å². The van der Waals surface area contributed by atoms with Crippen LogP contribution in [0.2, 0.25) is 0 Å². The number of ether oxygens (including phenoxy) is 4. The van der Waals surface area contributed by atoms with Crippen molar-refractivity contribution in [1.82, 2.24) is 0 Å². The van der Waals surface area contributed by atoms with Crippen LogP contribution in [0, 0.1) is 0 Å². The fourth-order valence-corrected chi connectivity index (χ4v) is 7.12. The minimum atomic E-state index is -1.17. The number of hydrogen-bond donors (Lipinski definition) is 0. The fraction of sp³-hybridized carbons (Fsp3) is 0.333. The van der Waals surface area contributed by atoms with Gasteiger partial charge in [0.15, 0.2) is 5.60 Å². The van der Waals surface area contributed by atoms with Crippen LogP contribution in [0.15, 0.2) is 60.7 Å². The number of nitrogens with zero attached hydrogens (tertiary/aromatic N) is 1. The van der Waals surface area contributed by atoms with E-state index in [1.165, 1.54) is 0 Å².